The SMILES string of the molecule is CCc1ccccc1Oc1cccc(Cl)c1[N+](=O)[O-]. The van der Waals surface area contributed by atoms with E-state index in [-0.39, 0.29) is 16.5 Å². The molecular weight excluding hydrogens is 266 g/mol. The zero-order chi connectivity index (χ0) is 13.8. The van der Waals surface area contributed by atoms with Crippen LogP contribution in [0.25, 0.3) is 0 Å². The number of benzene rings is 2. The van der Waals surface area contributed by atoms with E-state index in [2.05, 4.69) is 0 Å². The van der Waals surface area contributed by atoms with Gasteiger partial charge in [-0.1, -0.05) is 42.8 Å². The molecule has 0 N–H and O–H groups in total. The molecule has 0 saturated heterocycles. The Bertz CT molecular complexity index is 613. The van der Waals surface area contributed by atoms with Crippen molar-refractivity contribution in [2.45, 2.75) is 13.3 Å². The Hall–Kier alpha value is -2.07. The highest BCUT2D eigenvalue weighted by molar-refractivity contribution is 6.32. The van der Waals surface area contributed by atoms with Crippen LogP contribution in [-0.4, -0.2) is 4.92 Å². The molecule has 0 saturated carbocycles. The van der Waals surface area contributed by atoms with Crippen LogP contribution in [0, 0.1) is 10.1 Å². The number of aryl methyl sites for hydroxylation is 1. The summed E-state index contributed by atoms with van der Waals surface area (Å²) in [6.45, 7) is 1.99. The second-order valence-corrected chi connectivity index (χ2v) is 4.31. The van der Waals surface area contributed by atoms with Crippen molar-refractivity contribution in [1.82, 2.24) is 0 Å². The molecule has 0 unspecified atom stereocenters. The Morgan fingerprint density at radius 3 is 2.53 bits per heavy atom. The maximum atomic E-state index is 11.0. The van der Waals surface area contributed by atoms with Gasteiger partial charge in [-0.15, -0.1) is 0 Å². The second kappa shape index (κ2) is 5.71. The van der Waals surface area contributed by atoms with Gasteiger partial charge in [0.05, 0.1) is 4.92 Å². The Kier molecular flexibility index (Phi) is 4.02. The van der Waals surface area contributed by atoms with E-state index < -0.39 is 4.92 Å². The quantitative estimate of drug-likeness (QED) is 0.606. The van der Waals surface area contributed by atoms with Crippen LogP contribution >= 0.6 is 11.6 Å². The molecule has 4 nitrogen and oxygen atoms in total. The van der Waals surface area contributed by atoms with Gasteiger partial charge in [0.25, 0.3) is 0 Å². The Labute approximate surface area is 115 Å². The lowest BCUT2D eigenvalue weighted by Crippen LogP contribution is -1.96. The number of hydrogen-bond acceptors (Lipinski definition) is 3. The highest BCUT2D eigenvalue weighted by atomic mass is 35.5. The minimum Gasteiger partial charge on any atom is -0.450 e. The molecule has 0 aliphatic carbocycles. The molecule has 2 aromatic rings. The molecule has 0 heterocycles. The average molecular weight is 278 g/mol. The van der Waals surface area contributed by atoms with Crippen LogP contribution in [0.2, 0.25) is 5.02 Å². The van der Waals surface area contributed by atoms with Crippen LogP contribution in [0.4, 0.5) is 5.69 Å². The predicted molar refractivity (Wildman–Crippen MR) is 74.0 cm³/mol. The fraction of sp³-hybridized carbons (Fsp3) is 0.143. The molecular formula is C14H12ClNO3. The van der Waals surface area contributed by atoms with E-state index in [9.17, 15) is 10.1 Å². The minimum absolute atomic E-state index is 0.0662. The monoisotopic (exact) mass is 277 g/mol. The topological polar surface area (TPSA) is 52.4 Å². The Morgan fingerprint density at radius 1 is 1.16 bits per heavy atom. The lowest BCUT2D eigenvalue weighted by atomic mass is 10.1. The van der Waals surface area contributed by atoms with E-state index in [0.29, 0.717) is 5.75 Å². The Balaban J connectivity index is 2.44. The number of nitrogens with zero attached hydrogens (tertiary/aromatic N) is 1. The van der Waals surface area contributed by atoms with Crippen molar-refractivity contribution in [3.05, 3.63) is 63.2 Å². The van der Waals surface area contributed by atoms with Gasteiger partial charge in [0.1, 0.15) is 10.8 Å². The first kappa shape index (κ1) is 13.4. The number of nitro benzene ring substituents is 1. The van der Waals surface area contributed by atoms with Crippen molar-refractivity contribution in [3.63, 3.8) is 0 Å². The molecule has 0 amide bonds. The fourth-order valence-corrected chi connectivity index (χ4v) is 2.00. The summed E-state index contributed by atoms with van der Waals surface area (Å²) in [5.74, 6) is 0.758. The molecule has 2 aromatic carbocycles. The van der Waals surface area contributed by atoms with Gasteiger partial charge in [0.15, 0.2) is 0 Å². The molecule has 0 radical (unpaired) electrons. The number of hydrogen-bond donors (Lipinski definition) is 0. The van der Waals surface area contributed by atoms with Crippen molar-refractivity contribution in [1.29, 1.82) is 0 Å². The molecule has 0 spiro atoms. The standard InChI is InChI=1S/C14H12ClNO3/c1-2-10-6-3-4-8-12(10)19-13-9-5-7-11(15)14(13)16(17)18/h3-9H,2H2,1H3. The van der Waals surface area contributed by atoms with Crippen molar-refractivity contribution in [2.24, 2.45) is 0 Å². The van der Waals surface area contributed by atoms with Gasteiger partial charge in [-0.2, -0.15) is 0 Å². The van der Waals surface area contributed by atoms with Crippen molar-refractivity contribution >= 4 is 17.3 Å². The number of halogens is 1. The third kappa shape index (κ3) is 2.85. The molecule has 2 rings (SSSR count). The number of rotatable bonds is 4. The van der Waals surface area contributed by atoms with Crippen molar-refractivity contribution < 1.29 is 9.66 Å². The molecule has 19 heavy (non-hydrogen) atoms. The van der Waals surface area contributed by atoms with E-state index in [1.54, 1.807) is 12.1 Å². The van der Waals surface area contributed by atoms with Crippen LogP contribution in [0.3, 0.4) is 0 Å². The van der Waals surface area contributed by atoms with Gasteiger partial charge in [0, 0.05) is 0 Å². The summed E-state index contributed by atoms with van der Waals surface area (Å²) in [6.07, 6.45) is 0.782. The highest BCUT2D eigenvalue weighted by Gasteiger charge is 2.20. The van der Waals surface area contributed by atoms with Crippen LogP contribution in [0.15, 0.2) is 42.5 Å². The zero-order valence-electron chi connectivity index (χ0n) is 10.3. The van der Waals surface area contributed by atoms with E-state index in [1.165, 1.54) is 12.1 Å². The molecule has 0 fully saturated rings. The number of nitro groups is 1. The van der Waals surface area contributed by atoms with Crippen LogP contribution in [-0.2, 0) is 6.42 Å². The molecule has 98 valence electrons. The fourth-order valence-electron chi connectivity index (χ4n) is 1.77. The molecule has 0 aromatic heterocycles. The summed E-state index contributed by atoms with van der Waals surface area (Å²) >= 11 is 5.84. The summed E-state index contributed by atoms with van der Waals surface area (Å²) < 4.78 is 5.65. The summed E-state index contributed by atoms with van der Waals surface area (Å²) in [6, 6.07) is 12.1. The van der Waals surface area contributed by atoms with Gasteiger partial charge < -0.3 is 4.74 Å². The average Bonchev–Trinajstić information content (AvgIpc) is 2.39. The lowest BCUT2D eigenvalue weighted by molar-refractivity contribution is -0.385. The third-order valence-corrected chi connectivity index (χ3v) is 3.01. The van der Waals surface area contributed by atoms with Gasteiger partial charge in [-0.25, -0.2) is 0 Å². The maximum Gasteiger partial charge on any atom is 0.329 e. The molecule has 5 heteroatoms. The van der Waals surface area contributed by atoms with E-state index >= 15 is 0 Å². The number of para-hydroxylation sites is 2. The van der Waals surface area contributed by atoms with E-state index in [4.69, 9.17) is 16.3 Å². The van der Waals surface area contributed by atoms with Crippen LogP contribution < -0.4 is 4.74 Å². The normalized spacial score (nSPS) is 10.2. The first-order valence-corrected chi connectivity index (χ1v) is 6.20. The maximum absolute atomic E-state index is 11.0. The summed E-state index contributed by atoms with van der Waals surface area (Å²) in [5, 5.41) is 11.1. The third-order valence-electron chi connectivity index (χ3n) is 2.71. The van der Waals surface area contributed by atoms with Gasteiger partial charge >= 0.3 is 5.69 Å². The lowest BCUT2D eigenvalue weighted by Gasteiger charge is -2.10. The first-order valence-electron chi connectivity index (χ1n) is 5.82. The predicted octanol–water partition coefficient (Wildman–Crippen LogP) is 4.60. The summed E-state index contributed by atoms with van der Waals surface area (Å²) in [7, 11) is 0. The van der Waals surface area contributed by atoms with Crippen LogP contribution in [0.1, 0.15) is 12.5 Å². The summed E-state index contributed by atoms with van der Waals surface area (Å²) in [4.78, 5) is 10.5. The minimum atomic E-state index is -0.535. The van der Waals surface area contributed by atoms with Crippen LogP contribution in [0.5, 0.6) is 11.5 Å². The van der Waals surface area contributed by atoms with Gasteiger partial charge in [0.2, 0.25) is 5.75 Å². The molecule has 0 atom stereocenters. The van der Waals surface area contributed by atoms with Crippen molar-refractivity contribution in [3.8, 4) is 11.5 Å². The van der Waals surface area contributed by atoms with E-state index in [1.807, 2.05) is 25.1 Å². The zero-order valence-corrected chi connectivity index (χ0v) is 11.1. The smallest absolute Gasteiger partial charge is 0.329 e. The summed E-state index contributed by atoms with van der Waals surface area (Å²) in [5.41, 5.74) is 0.770. The van der Waals surface area contributed by atoms with Gasteiger partial charge in [-0.3, -0.25) is 10.1 Å². The second-order valence-electron chi connectivity index (χ2n) is 3.91. The Morgan fingerprint density at radius 2 is 1.84 bits per heavy atom. The number of ether oxygens (including phenoxy) is 1. The van der Waals surface area contributed by atoms with Crippen molar-refractivity contribution in [2.75, 3.05) is 0 Å². The molecule has 0 aliphatic rings. The van der Waals surface area contributed by atoms with E-state index in [0.717, 1.165) is 12.0 Å². The molecule has 0 bridgehead atoms. The molecule has 0 aliphatic heterocycles. The first-order chi connectivity index (χ1) is 9.13. The highest BCUT2D eigenvalue weighted by Crippen LogP contribution is 2.37. The van der Waals surface area contributed by atoms with Gasteiger partial charge in [-0.05, 0) is 30.2 Å². The largest absolute Gasteiger partial charge is 0.450 e.